The van der Waals surface area contributed by atoms with Gasteiger partial charge in [0.05, 0.1) is 11.4 Å². The molecule has 0 spiro atoms. The van der Waals surface area contributed by atoms with Gasteiger partial charge in [-0.15, -0.1) is 11.3 Å². The standard InChI is InChI=1S/C26H30N6O4S2/c27-24(28)21-14-13-19(37-21)16-30-25(33)20-12-7-15-32(20)26(34)23(31-38(29,35)36)22(17-8-3-1-4-9-17)18-10-5-2-6-11-18/h1-6,8-11,13-14,20,22-23,31H,7,12,15-16H2,(H3,27,28)(H,30,33)(H2,29,35,36)/t20-,23+/m0/s1. The molecule has 0 saturated carbocycles. The molecule has 4 rings (SSSR count). The first-order valence-corrected chi connectivity index (χ1v) is 14.4. The van der Waals surface area contributed by atoms with Gasteiger partial charge >= 0.3 is 0 Å². The number of nitrogens with two attached hydrogens (primary N) is 2. The van der Waals surface area contributed by atoms with Crippen LogP contribution in [0, 0.1) is 5.41 Å². The number of carbonyl (C=O) groups excluding carboxylic acids is 2. The van der Waals surface area contributed by atoms with E-state index < -0.39 is 34.1 Å². The van der Waals surface area contributed by atoms with Crippen LogP contribution in [0.5, 0.6) is 0 Å². The van der Waals surface area contributed by atoms with E-state index in [1.807, 2.05) is 60.7 Å². The molecule has 1 aliphatic heterocycles. The first-order valence-electron chi connectivity index (χ1n) is 12.1. The van der Waals surface area contributed by atoms with E-state index in [9.17, 15) is 18.0 Å². The highest BCUT2D eigenvalue weighted by Crippen LogP contribution is 2.31. The largest absolute Gasteiger partial charge is 0.383 e. The average Bonchev–Trinajstić information content (AvgIpc) is 3.57. The molecule has 2 amide bonds. The summed E-state index contributed by atoms with van der Waals surface area (Å²) in [5.74, 6) is -1.58. The molecular formula is C26H30N6O4S2. The number of nitrogens with zero attached hydrogens (tertiary/aromatic N) is 1. The summed E-state index contributed by atoms with van der Waals surface area (Å²) in [5, 5.41) is 15.8. The predicted molar refractivity (Wildman–Crippen MR) is 147 cm³/mol. The highest BCUT2D eigenvalue weighted by molar-refractivity contribution is 7.87. The molecule has 1 aromatic heterocycles. The summed E-state index contributed by atoms with van der Waals surface area (Å²) in [6, 6.07) is 19.7. The molecule has 10 nitrogen and oxygen atoms in total. The van der Waals surface area contributed by atoms with Crippen LogP contribution in [0.3, 0.4) is 0 Å². The minimum atomic E-state index is -4.27. The molecule has 2 aromatic carbocycles. The minimum Gasteiger partial charge on any atom is -0.383 e. The maximum absolute atomic E-state index is 14.0. The number of benzene rings is 2. The third-order valence-electron chi connectivity index (χ3n) is 6.41. The molecule has 38 heavy (non-hydrogen) atoms. The molecule has 0 radical (unpaired) electrons. The minimum absolute atomic E-state index is 0.0417. The van der Waals surface area contributed by atoms with E-state index in [-0.39, 0.29) is 18.3 Å². The van der Waals surface area contributed by atoms with Crippen LogP contribution in [-0.4, -0.2) is 49.6 Å². The fourth-order valence-electron chi connectivity index (χ4n) is 4.73. The number of amidine groups is 1. The van der Waals surface area contributed by atoms with Gasteiger partial charge in [0.25, 0.3) is 10.2 Å². The number of nitrogen functional groups attached to an aromatic ring is 1. The Bertz CT molecular complexity index is 1360. The van der Waals surface area contributed by atoms with Gasteiger partial charge in [-0.2, -0.15) is 13.1 Å². The van der Waals surface area contributed by atoms with Crippen LogP contribution in [0.15, 0.2) is 72.8 Å². The van der Waals surface area contributed by atoms with Gasteiger partial charge in [-0.1, -0.05) is 60.7 Å². The van der Waals surface area contributed by atoms with Crippen molar-refractivity contribution in [1.29, 1.82) is 5.41 Å². The summed E-state index contributed by atoms with van der Waals surface area (Å²) in [6.45, 7) is 0.536. The Kier molecular flexibility index (Phi) is 8.57. The fourth-order valence-corrected chi connectivity index (χ4v) is 6.13. The first kappa shape index (κ1) is 27.5. The maximum atomic E-state index is 14.0. The summed E-state index contributed by atoms with van der Waals surface area (Å²) in [5.41, 5.74) is 6.98. The van der Waals surface area contributed by atoms with E-state index in [0.29, 0.717) is 24.3 Å². The smallest absolute Gasteiger partial charge is 0.275 e. The lowest BCUT2D eigenvalue weighted by Gasteiger charge is -2.33. The van der Waals surface area contributed by atoms with Gasteiger partial charge in [0.2, 0.25) is 11.8 Å². The lowest BCUT2D eigenvalue weighted by atomic mass is 9.84. The Morgan fingerprint density at radius 2 is 1.63 bits per heavy atom. The average molecular weight is 555 g/mol. The van der Waals surface area contributed by atoms with E-state index in [0.717, 1.165) is 16.0 Å². The van der Waals surface area contributed by atoms with E-state index in [4.69, 9.17) is 16.3 Å². The fraction of sp³-hybridized carbons (Fsp3) is 0.269. The number of carbonyl (C=O) groups is 2. The predicted octanol–water partition coefficient (Wildman–Crippen LogP) is 1.63. The topological polar surface area (TPSA) is 171 Å². The highest BCUT2D eigenvalue weighted by Gasteiger charge is 2.42. The second-order valence-corrected chi connectivity index (χ2v) is 11.5. The lowest BCUT2D eigenvalue weighted by molar-refractivity contribution is -0.140. The van der Waals surface area contributed by atoms with Crippen molar-refractivity contribution in [2.45, 2.75) is 37.4 Å². The SMILES string of the molecule is N=C(N)c1ccc(CNC(=O)[C@@H]2CCCN2C(=O)[C@H](NS(N)(=O)=O)C(c2ccccc2)c2ccccc2)s1. The van der Waals surface area contributed by atoms with Crippen molar-refractivity contribution in [1.82, 2.24) is 14.9 Å². The monoisotopic (exact) mass is 554 g/mol. The van der Waals surface area contributed by atoms with Gasteiger partial charge in [-0.3, -0.25) is 15.0 Å². The summed E-state index contributed by atoms with van der Waals surface area (Å²) in [7, 11) is -4.27. The third-order valence-corrected chi connectivity index (χ3v) is 8.11. The number of rotatable bonds is 10. The molecule has 2 heterocycles. The van der Waals surface area contributed by atoms with Crippen molar-refractivity contribution in [2.24, 2.45) is 10.9 Å². The van der Waals surface area contributed by atoms with Crippen LogP contribution >= 0.6 is 11.3 Å². The molecule has 7 N–H and O–H groups in total. The lowest BCUT2D eigenvalue weighted by Crippen LogP contribution is -2.56. The quantitative estimate of drug-likeness (QED) is 0.189. The third kappa shape index (κ3) is 6.64. The first-order chi connectivity index (χ1) is 18.1. The highest BCUT2D eigenvalue weighted by atomic mass is 32.2. The Balaban J connectivity index is 1.61. The molecule has 0 bridgehead atoms. The van der Waals surface area contributed by atoms with E-state index >= 15 is 0 Å². The molecular weight excluding hydrogens is 524 g/mol. The van der Waals surface area contributed by atoms with Crippen molar-refractivity contribution >= 4 is 39.2 Å². The van der Waals surface area contributed by atoms with Crippen molar-refractivity contribution in [3.8, 4) is 0 Å². The number of amides is 2. The van der Waals surface area contributed by atoms with Gasteiger partial charge in [0.15, 0.2) is 0 Å². The summed E-state index contributed by atoms with van der Waals surface area (Å²) in [6.07, 6.45) is 1.05. The second-order valence-electron chi connectivity index (χ2n) is 9.03. The molecule has 0 aliphatic carbocycles. The van der Waals surface area contributed by atoms with E-state index in [1.54, 1.807) is 12.1 Å². The zero-order valence-electron chi connectivity index (χ0n) is 20.5. The molecule has 2 atom stereocenters. The van der Waals surface area contributed by atoms with Gasteiger partial charge in [-0.05, 0) is 36.1 Å². The van der Waals surface area contributed by atoms with Crippen LogP contribution in [-0.2, 0) is 26.3 Å². The van der Waals surface area contributed by atoms with Crippen molar-refractivity contribution < 1.29 is 18.0 Å². The van der Waals surface area contributed by atoms with Gasteiger partial charge < -0.3 is 16.0 Å². The summed E-state index contributed by atoms with van der Waals surface area (Å²) < 4.78 is 26.9. The van der Waals surface area contributed by atoms with Crippen molar-refractivity contribution in [3.63, 3.8) is 0 Å². The summed E-state index contributed by atoms with van der Waals surface area (Å²) >= 11 is 1.31. The van der Waals surface area contributed by atoms with Gasteiger partial charge in [0.1, 0.15) is 17.9 Å². The Hall–Kier alpha value is -3.58. The van der Waals surface area contributed by atoms with Crippen LogP contribution in [0.25, 0.3) is 0 Å². The Morgan fingerprint density at radius 1 is 1.03 bits per heavy atom. The molecule has 1 saturated heterocycles. The molecule has 12 heteroatoms. The van der Waals surface area contributed by atoms with Crippen LogP contribution < -0.4 is 20.9 Å². The van der Waals surface area contributed by atoms with Crippen LogP contribution in [0.2, 0.25) is 0 Å². The number of nitrogens with one attached hydrogen (secondary N) is 3. The molecule has 3 aromatic rings. The van der Waals surface area contributed by atoms with Crippen molar-refractivity contribution in [2.75, 3.05) is 6.54 Å². The molecule has 200 valence electrons. The maximum Gasteiger partial charge on any atom is 0.275 e. The normalized spacial score (nSPS) is 16.4. The molecule has 1 aliphatic rings. The number of likely N-dealkylation sites (tertiary alicyclic amines) is 1. The number of hydrogen-bond acceptors (Lipinski definition) is 6. The number of thiophene rings is 1. The van der Waals surface area contributed by atoms with Crippen molar-refractivity contribution in [3.05, 3.63) is 93.7 Å². The summed E-state index contributed by atoms with van der Waals surface area (Å²) in [4.78, 5) is 30.0. The van der Waals surface area contributed by atoms with Gasteiger partial charge in [0, 0.05) is 17.3 Å². The zero-order chi connectivity index (χ0) is 27.3. The Labute approximate surface area is 225 Å². The van der Waals surface area contributed by atoms with Crippen LogP contribution in [0.4, 0.5) is 0 Å². The van der Waals surface area contributed by atoms with Gasteiger partial charge in [-0.25, -0.2) is 5.14 Å². The zero-order valence-corrected chi connectivity index (χ0v) is 22.2. The Morgan fingerprint density at radius 3 is 2.16 bits per heavy atom. The second kappa shape index (κ2) is 11.9. The molecule has 0 unspecified atom stereocenters. The van der Waals surface area contributed by atoms with E-state index in [1.165, 1.54) is 16.2 Å². The van der Waals surface area contributed by atoms with E-state index in [2.05, 4.69) is 10.0 Å². The van der Waals surface area contributed by atoms with Crippen LogP contribution in [0.1, 0.15) is 39.6 Å². The number of hydrogen-bond donors (Lipinski definition) is 5. The molecule has 1 fully saturated rings.